The van der Waals surface area contributed by atoms with E-state index in [1.54, 1.807) is 0 Å². The number of ether oxygens (including phenoxy) is 1. The number of hydrazone groups is 1. The molecule has 5 nitrogen and oxygen atoms in total. The number of nitrogens with one attached hydrogen (secondary N) is 1. The summed E-state index contributed by atoms with van der Waals surface area (Å²) in [6.45, 7) is 16.7. The molecule has 1 N–H and O–H groups in total. The van der Waals surface area contributed by atoms with Crippen molar-refractivity contribution in [3.05, 3.63) is 47.3 Å². The summed E-state index contributed by atoms with van der Waals surface area (Å²) in [5.41, 5.74) is 1.58. The maximum absolute atomic E-state index is 13.4. The van der Waals surface area contributed by atoms with Gasteiger partial charge in [0.1, 0.15) is 11.9 Å². The Balaban J connectivity index is 1.87. The lowest BCUT2D eigenvalue weighted by atomic mass is 9.75. The number of carbonyl (C=O) groups excluding carboxylic acids is 1. The van der Waals surface area contributed by atoms with Crippen molar-refractivity contribution in [3.8, 4) is 0 Å². The Kier molecular flexibility index (Phi) is 7.68. The van der Waals surface area contributed by atoms with Crippen molar-refractivity contribution in [1.29, 1.82) is 0 Å². The fourth-order valence-electron chi connectivity index (χ4n) is 5.34. The molecule has 0 bridgehead atoms. The van der Waals surface area contributed by atoms with Gasteiger partial charge in [-0.2, -0.15) is 5.10 Å². The van der Waals surface area contributed by atoms with Crippen LogP contribution in [0.25, 0.3) is 0 Å². The summed E-state index contributed by atoms with van der Waals surface area (Å²) in [7, 11) is 0. The molecule has 0 aromatic heterocycles. The van der Waals surface area contributed by atoms with Crippen molar-refractivity contribution < 1.29 is 9.53 Å². The largest absolute Gasteiger partial charge is 0.459 e. The number of esters is 1. The molecule has 1 aliphatic heterocycles. The Morgan fingerprint density at radius 2 is 2.03 bits per heavy atom. The van der Waals surface area contributed by atoms with E-state index >= 15 is 0 Å². The molecule has 4 atom stereocenters. The summed E-state index contributed by atoms with van der Waals surface area (Å²) in [5.74, 6) is 1.95. The van der Waals surface area contributed by atoms with Crippen LogP contribution in [0.15, 0.2) is 52.4 Å². The summed E-state index contributed by atoms with van der Waals surface area (Å²) in [6, 6.07) is 0.117. The van der Waals surface area contributed by atoms with Gasteiger partial charge in [-0.05, 0) is 69.8 Å². The lowest BCUT2D eigenvalue weighted by Crippen LogP contribution is -2.56. The van der Waals surface area contributed by atoms with Gasteiger partial charge in [0, 0.05) is 6.72 Å². The van der Waals surface area contributed by atoms with Gasteiger partial charge in [-0.3, -0.25) is 0 Å². The van der Waals surface area contributed by atoms with Crippen LogP contribution < -0.4 is 5.32 Å². The molecule has 3 aliphatic rings. The monoisotopic (exact) mass is 439 g/mol. The Labute approximate surface area is 194 Å². The molecule has 32 heavy (non-hydrogen) atoms. The van der Waals surface area contributed by atoms with Crippen molar-refractivity contribution >= 4 is 12.7 Å². The first-order valence-corrected chi connectivity index (χ1v) is 12.1. The SMILES string of the molecule is C=NN1/C(=C(\C)C(=O)OC2C[C@@H](C)CCC2C(C)C)NC(C2=CC=CC=CC2)CC1(C)C. The molecule has 2 fully saturated rings. The minimum Gasteiger partial charge on any atom is -0.459 e. The fraction of sp³-hybridized carbons (Fsp3) is 0.630. The Morgan fingerprint density at radius 3 is 2.72 bits per heavy atom. The third kappa shape index (κ3) is 5.36. The van der Waals surface area contributed by atoms with E-state index in [4.69, 9.17) is 4.74 Å². The van der Waals surface area contributed by atoms with E-state index in [9.17, 15) is 4.79 Å². The first-order chi connectivity index (χ1) is 15.1. The normalized spacial score (nSPS) is 31.5. The van der Waals surface area contributed by atoms with Gasteiger partial charge in [0.15, 0.2) is 0 Å². The molecule has 2 aliphatic carbocycles. The van der Waals surface area contributed by atoms with E-state index in [0.717, 1.165) is 25.7 Å². The van der Waals surface area contributed by atoms with Crippen LogP contribution in [-0.4, -0.2) is 35.4 Å². The molecular weight excluding hydrogens is 398 g/mol. The molecule has 0 radical (unpaired) electrons. The second-order valence-electron chi connectivity index (χ2n) is 10.7. The topological polar surface area (TPSA) is 53.9 Å². The van der Waals surface area contributed by atoms with Crippen LogP contribution in [0, 0.1) is 17.8 Å². The van der Waals surface area contributed by atoms with E-state index in [1.165, 1.54) is 12.0 Å². The summed E-state index contributed by atoms with van der Waals surface area (Å²) in [6.07, 6.45) is 15.5. The Morgan fingerprint density at radius 1 is 1.28 bits per heavy atom. The molecule has 0 spiro atoms. The third-order valence-electron chi connectivity index (χ3n) is 7.29. The van der Waals surface area contributed by atoms with Crippen LogP contribution in [0.4, 0.5) is 0 Å². The van der Waals surface area contributed by atoms with Gasteiger partial charge in [0.05, 0.1) is 17.2 Å². The average molecular weight is 440 g/mol. The Bertz CT molecular complexity index is 834. The first-order valence-electron chi connectivity index (χ1n) is 12.1. The van der Waals surface area contributed by atoms with E-state index in [1.807, 2.05) is 18.0 Å². The average Bonchev–Trinajstić information content (AvgIpc) is 3.01. The molecule has 0 aromatic carbocycles. The molecule has 5 heteroatoms. The van der Waals surface area contributed by atoms with E-state index in [2.05, 4.69) is 76.1 Å². The zero-order chi connectivity index (χ0) is 23.5. The van der Waals surface area contributed by atoms with Gasteiger partial charge in [-0.25, -0.2) is 9.80 Å². The van der Waals surface area contributed by atoms with Crippen molar-refractivity contribution in [3.63, 3.8) is 0 Å². The van der Waals surface area contributed by atoms with Crippen molar-refractivity contribution in [2.45, 2.75) is 91.3 Å². The first kappa shape index (κ1) is 24.3. The quantitative estimate of drug-likeness (QED) is 0.338. The van der Waals surface area contributed by atoms with Crippen molar-refractivity contribution in [2.75, 3.05) is 0 Å². The molecule has 1 saturated carbocycles. The number of carbonyl (C=O) groups is 1. The Hall–Kier alpha value is -2.30. The van der Waals surface area contributed by atoms with E-state index < -0.39 is 0 Å². The van der Waals surface area contributed by atoms with Crippen LogP contribution in [0.2, 0.25) is 0 Å². The number of nitrogens with zero attached hydrogens (tertiary/aromatic N) is 2. The van der Waals surface area contributed by atoms with Gasteiger partial charge < -0.3 is 10.1 Å². The predicted octanol–water partition coefficient (Wildman–Crippen LogP) is 5.72. The highest BCUT2D eigenvalue weighted by Gasteiger charge is 2.41. The number of hydrogen-bond acceptors (Lipinski definition) is 5. The van der Waals surface area contributed by atoms with Gasteiger partial charge in [-0.15, -0.1) is 0 Å². The standard InChI is InChI=1S/C27H41N3O2/c1-18(2)22-15-14-19(3)16-24(22)32-26(31)20(4)25-29-23(17-27(5,6)30(25)28-7)21-12-10-8-9-11-13-21/h8-12,18-19,22-24,29H,7,13-17H2,1-6H3/b25-20+/t19-,22?,23?,24?/m0/s1. The molecule has 1 heterocycles. The maximum atomic E-state index is 13.4. The zero-order valence-electron chi connectivity index (χ0n) is 20.7. The molecule has 3 rings (SSSR count). The number of allylic oxidation sites excluding steroid dienone is 5. The van der Waals surface area contributed by atoms with Gasteiger partial charge in [-0.1, -0.05) is 57.6 Å². The summed E-state index contributed by atoms with van der Waals surface area (Å²) in [5, 5.41) is 9.75. The lowest BCUT2D eigenvalue weighted by Gasteiger charge is -2.47. The highest BCUT2D eigenvalue weighted by Crippen LogP contribution is 2.37. The number of rotatable bonds is 5. The maximum Gasteiger partial charge on any atom is 0.337 e. The second kappa shape index (κ2) is 10.1. The molecule has 0 aromatic rings. The smallest absolute Gasteiger partial charge is 0.337 e. The minimum atomic E-state index is -0.283. The van der Waals surface area contributed by atoms with Gasteiger partial charge in [0.25, 0.3) is 0 Å². The van der Waals surface area contributed by atoms with Crippen molar-refractivity contribution in [2.24, 2.45) is 22.9 Å². The molecule has 176 valence electrons. The highest BCUT2D eigenvalue weighted by molar-refractivity contribution is 5.88. The van der Waals surface area contributed by atoms with E-state index in [0.29, 0.717) is 29.1 Å². The zero-order valence-corrected chi connectivity index (χ0v) is 20.7. The fourth-order valence-corrected chi connectivity index (χ4v) is 5.34. The third-order valence-corrected chi connectivity index (χ3v) is 7.29. The van der Waals surface area contributed by atoms with Crippen LogP contribution >= 0.6 is 0 Å². The van der Waals surface area contributed by atoms with E-state index in [-0.39, 0.29) is 23.7 Å². The molecule has 0 amide bonds. The molecular formula is C27H41N3O2. The summed E-state index contributed by atoms with van der Waals surface area (Å²) in [4.78, 5) is 13.4. The molecule has 1 saturated heterocycles. The van der Waals surface area contributed by atoms with Crippen LogP contribution in [0.1, 0.15) is 73.6 Å². The number of hydrogen-bond donors (Lipinski definition) is 1. The van der Waals surface area contributed by atoms with Crippen LogP contribution in [-0.2, 0) is 9.53 Å². The lowest BCUT2D eigenvalue weighted by molar-refractivity contribution is -0.151. The summed E-state index contributed by atoms with van der Waals surface area (Å²) >= 11 is 0. The van der Waals surface area contributed by atoms with Crippen LogP contribution in [0.3, 0.4) is 0 Å². The molecule has 3 unspecified atom stereocenters. The van der Waals surface area contributed by atoms with Gasteiger partial charge >= 0.3 is 5.97 Å². The highest BCUT2D eigenvalue weighted by atomic mass is 16.5. The van der Waals surface area contributed by atoms with Crippen LogP contribution in [0.5, 0.6) is 0 Å². The second-order valence-corrected chi connectivity index (χ2v) is 10.7. The van der Waals surface area contributed by atoms with Gasteiger partial charge in [0.2, 0.25) is 0 Å². The predicted molar refractivity (Wildman–Crippen MR) is 132 cm³/mol. The van der Waals surface area contributed by atoms with Crippen molar-refractivity contribution in [1.82, 2.24) is 10.3 Å². The minimum absolute atomic E-state index is 0.0285. The summed E-state index contributed by atoms with van der Waals surface area (Å²) < 4.78 is 6.15.